The molecule has 0 bridgehead atoms. The summed E-state index contributed by atoms with van der Waals surface area (Å²) < 4.78 is 6.56. The van der Waals surface area contributed by atoms with Gasteiger partial charge in [0, 0.05) is 11.8 Å². The lowest BCUT2D eigenvalue weighted by molar-refractivity contribution is -0.926. The molecule has 0 aliphatic carbocycles. The fraction of sp³-hybridized carbons (Fsp3) is 0.778. The van der Waals surface area contributed by atoms with E-state index in [2.05, 4.69) is 34.5 Å². The predicted molar refractivity (Wildman–Crippen MR) is 99.2 cm³/mol. The van der Waals surface area contributed by atoms with Gasteiger partial charge in [0.25, 0.3) is 0 Å². The smallest absolute Gasteiger partial charge is 0.243 e. The van der Waals surface area contributed by atoms with Crippen LogP contribution < -0.4 is 15.5 Å². The molecule has 4 atom stereocenters. The van der Waals surface area contributed by atoms with Gasteiger partial charge in [-0.2, -0.15) is 4.68 Å². The number of rotatable bonds is 5. The molecule has 0 saturated carbocycles. The lowest BCUT2D eigenvalue weighted by Gasteiger charge is -2.29. The number of anilines is 1. The summed E-state index contributed by atoms with van der Waals surface area (Å²) in [5.74, 6) is 2.24. The Bertz CT molecular complexity index is 756. The van der Waals surface area contributed by atoms with Crippen LogP contribution in [0.15, 0.2) is 4.63 Å². The second-order valence-electron chi connectivity index (χ2n) is 8.62. The largest absolute Gasteiger partial charge is 0.378 e. The van der Waals surface area contributed by atoms with Gasteiger partial charge in [-0.3, -0.25) is 0 Å². The molecule has 0 spiro atoms. The lowest BCUT2D eigenvalue weighted by Crippen LogP contribution is -3.13. The van der Waals surface area contributed by atoms with Crippen molar-refractivity contribution in [1.82, 2.24) is 25.3 Å². The van der Waals surface area contributed by atoms with E-state index in [9.17, 15) is 0 Å². The van der Waals surface area contributed by atoms with Crippen LogP contribution in [0.5, 0.6) is 0 Å². The average molecular weight is 377 g/mol. The first-order valence-corrected chi connectivity index (χ1v) is 10.3. The monoisotopic (exact) mass is 376 g/mol. The molecule has 2 fully saturated rings. The SMILES string of the molecule is C[C@H]1CCC[NH+](Cc2nnn(-c3nonc3N)c2C[NH+]2CCC[C@H](C)C2)C1. The molecule has 2 aliphatic heterocycles. The number of hydrogen-bond donors (Lipinski definition) is 3. The highest BCUT2D eigenvalue weighted by Gasteiger charge is 2.29. The molecular weight excluding hydrogens is 344 g/mol. The Kier molecular flexibility index (Phi) is 5.40. The van der Waals surface area contributed by atoms with Crippen molar-refractivity contribution in [1.29, 1.82) is 0 Å². The number of quaternary nitrogens is 2. The summed E-state index contributed by atoms with van der Waals surface area (Å²) in [5, 5.41) is 16.6. The van der Waals surface area contributed by atoms with Crippen molar-refractivity contribution in [3.05, 3.63) is 11.4 Å². The van der Waals surface area contributed by atoms with Crippen molar-refractivity contribution < 1.29 is 14.4 Å². The summed E-state index contributed by atoms with van der Waals surface area (Å²) in [6.45, 7) is 11.3. The number of nitrogens with zero attached hydrogens (tertiary/aromatic N) is 5. The Morgan fingerprint density at radius 2 is 1.70 bits per heavy atom. The molecule has 0 radical (unpaired) electrons. The van der Waals surface area contributed by atoms with Crippen LogP contribution in [0.1, 0.15) is 50.9 Å². The third-order valence-corrected chi connectivity index (χ3v) is 6.10. The van der Waals surface area contributed by atoms with Crippen LogP contribution in [0.2, 0.25) is 0 Å². The highest BCUT2D eigenvalue weighted by atomic mass is 16.6. The van der Waals surface area contributed by atoms with E-state index in [-0.39, 0.29) is 5.82 Å². The van der Waals surface area contributed by atoms with E-state index in [1.165, 1.54) is 51.9 Å². The zero-order chi connectivity index (χ0) is 18.8. The molecule has 2 aliphatic rings. The summed E-state index contributed by atoms with van der Waals surface area (Å²) >= 11 is 0. The van der Waals surface area contributed by atoms with Crippen LogP contribution in [0.4, 0.5) is 5.82 Å². The van der Waals surface area contributed by atoms with Gasteiger partial charge in [0.15, 0.2) is 0 Å². The molecule has 4 heterocycles. The van der Waals surface area contributed by atoms with E-state index in [0.29, 0.717) is 5.82 Å². The van der Waals surface area contributed by atoms with Gasteiger partial charge in [-0.1, -0.05) is 19.1 Å². The Morgan fingerprint density at radius 1 is 1.04 bits per heavy atom. The molecule has 27 heavy (non-hydrogen) atoms. The molecule has 9 heteroatoms. The molecule has 2 saturated heterocycles. The summed E-state index contributed by atoms with van der Waals surface area (Å²) in [6, 6.07) is 0. The number of likely N-dealkylation sites (tertiary alicyclic amines) is 2. The minimum Gasteiger partial charge on any atom is -0.378 e. The van der Waals surface area contributed by atoms with Gasteiger partial charge in [0.2, 0.25) is 11.6 Å². The number of nitrogens with one attached hydrogen (secondary N) is 2. The Labute approximate surface area is 159 Å². The minimum atomic E-state index is 0.258. The van der Waals surface area contributed by atoms with Crippen molar-refractivity contribution in [3.63, 3.8) is 0 Å². The van der Waals surface area contributed by atoms with Gasteiger partial charge in [-0.15, -0.1) is 5.10 Å². The molecule has 9 nitrogen and oxygen atoms in total. The molecular formula is C18H32N8O+2. The van der Waals surface area contributed by atoms with Crippen LogP contribution in [-0.2, 0) is 13.1 Å². The standard InChI is InChI=1S/C18H30N8O/c1-13-5-3-7-24(9-13)11-15-16(12-25-8-4-6-14(2)10-25)26(23-20-15)18-17(19)21-27-22-18/h13-14H,3-12H2,1-2H3,(H2,19,21)/p+2/t13-,14-/m0/s1. The highest BCUT2D eigenvalue weighted by Crippen LogP contribution is 2.16. The topological polar surface area (TPSA) is 105 Å². The maximum absolute atomic E-state index is 5.94. The second-order valence-corrected chi connectivity index (χ2v) is 8.62. The maximum Gasteiger partial charge on any atom is 0.243 e. The van der Waals surface area contributed by atoms with Gasteiger partial charge >= 0.3 is 0 Å². The molecule has 2 aromatic heterocycles. The van der Waals surface area contributed by atoms with Crippen molar-refractivity contribution in [2.24, 2.45) is 11.8 Å². The Morgan fingerprint density at radius 3 is 2.30 bits per heavy atom. The van der Waals surface area contributed by atoms with Crippen LogP contribution in [-0.4, -0.2) is 51.5 Å². The fourth-order valence-corrected chi connectivity index (χ4v) is 4.74. The first-order chi connectivity index (χ1) is 13.1. The van der Waals surface area contributed by atoms with E-state index in [0.717, 1.165) is 36.3 Å². The summed E-state index contributed by atoms with van der Waals surface area (Å²) in [4.78, 5) is 3.17. The van der Waals surface area contributed by atoms with Crippen molar-refractivity contribution in [2.75, 3.05) is 31.9 Å². The Hall–Kier alpha value is -2.00. The number of piperidine rings is 2. The molecule has 0 aromatic carbocycles. The van der Waals surface area contributed by atoms with Crippen LogP contribution in [0.25, 0.3) is 5.82 Å². The molecule has 148 valence electrons. The van der Waals surface area contributed by atoms with Crippen LogP contribution in [0, 0.1) is 11.8 Å². The molecule has 0 amide bonds. The molecule has 2 aromatic rings. The zero-order valence-corrected chi connectivity index (χ0v) is 16.4. The van der Waals surface area contributed by atoms with E-state index in [1.807, 2.05) is 0 Å². The molecule has 4 N–H and O–H groups in total. The first-order valence-electron chi connectivity index (χ1n) is 10.3. The summed E-state index contributed by atoms with van der Waals surface area (Å²) in [6.07, 6.45) is 5.22. The van der Waals surface area contributed by atoms with Crippen LogP contribution in [0.3, 0.4) is 0 Å². The highest BCUT2D eigenvalue weighted by molar-refractivity contribution is 5.44. The quantitative estimate of drug-likeness (QED) is 0.610. The fourth-order valence-electron chi connectivity index (χ4n) is 4.74. The molecule has 2 unspecified atom stereocenters. The molecule has 4 rings (SSSR count). The third kappa shape index (κ3) is 4.14. The van der Waals surface area contributed by atoms with E-state index in [4.69, 9.17) is 10.4 Å². The first kappa shape index (κ1) is 18.4. The average Bonchev–Trinajstić information content (AvgIpc) is 3.21. The number of hydrogen-bond acceptors (Lipinski definition) is 6. The van der Waals surface area contributed by atoms with Gasteiger partial charge in [0.05, 0.1) is 26.2 Å². The predicted octanol–water partition coefficient (Wildman–Crippen LogP) is -1.14. The third-order valence-electron chi connectivity index (χ3n) is 6.10. The van der Waals surface area contributed by atoms with Crippen molar-refractivity contribution in [2.45, 2.75) is 52.6 Å². The second kappa shape index (κ2) is 7.93. The van der Waals surface area contributed by atoms with Gasteiger partial charge in [-0.25, -0.2) is 4.63 Å². The van der Waals surface area contributed by atoms with E-state index in [1.54, 1.807) is 14.5 Å². The Balaban J connectivity index is 1.60. The minimum absolute atomic E-state index is 0.258. The maximum atomic E-state index is 5.94. The lowest BCUT2D eigenvalue weighted by atomic mass is 9.99. The van der Waals surface area contributed by atoms with E-state index < -0.39 is 0 Å². The zero-order valence-electron chi connectivity index (χ0n) is 16.4. The summed E-state index contributed by atoms with van der Waals surface area (Å²) in [5.41, 5.74) is 8.11. The number of nitrogens with two attached hydrogens (primary N) is 1. The number of aromatic nitrogens is 5. The normalized spacial score (nSPS) is 29.1. The van der Waals surface area contributed by atoms with Gasteiger partial charge < -0.3 is 15.5 Å². The van der Waals surface area contributed by atoms with Crippen molar-refractivity contribution >= 4 is 5.82 Å². The van der Waals surface area contributed by atoms with Gasteiger partial charge in [0.1, 0.15) is 24.5 Å². The number of nitrogen functional groups attached to an aromatic ring is 1. The summed E-state index contributed by atoms with van der Waals surface area (Å²) in [7, 11) is 0. The van der Waals surface area contributed by atoms with E-state index >= 15 is 0 Å². The van der Waals surface area contributed by atoms with Crippen LogP contribution >= 0.6 is 0 Å². The van der Waals surface area contributed by atoms with Gasteiger partial charge in [-0.05, 0) is 36.0 Å². The van der Waals surface area contributed by atoms with Crippen molar-refractivity contribution in [3.8, 4) is 5.82 Å².